The fourth-order valence-corrected chi connectivity index (χ4v) is 2.74. The number of carbonyl (C=O) groups is 1. The molecule has 1 amide bonds. The second kappa shape index (κ2) is 6.30. The van der Waals surface area contributed by atoms with Crippen LogP contribution in [0.4, 0.5) is 5.69 Å². The third-order valence-corrected chi connectivity index (χ3v) is 4.00. The zero-order valence-electron chi connectivity index (χ0n) is 13.5. The monoisotopic (exact) mass is 348 g/mol. The number of rotatable bonds is 2. The minimum absolute atomic E-state index is 0.323. The first-order valence-corrected chi connectivity index (χ1v) is 7.81. The van der Waals surface area contributed by atoms with Crippen LogP contribution in [0.25, 0.3) is 0 Å². The van der Waals surface area contributed by atoms with Crippen molar-refractivity contribution >= 4 is 17.3 Å². The quantitative estimate of drug-likeness (QED) is 0.225. The lowest BCUT2D eigenvalue weighted by Gasteiger charge is -2.08. The number of fused-ring (bicyclic) bond motifs is 2. The standard InChI is InChI=1S/C19H13N3O4/c23-19(21-24)13-7-5-12(6-8-13)18-14-9-10-22(25)11-17(14)26-16-4-2-1-3-15(16)20-18/h1-11H,(H2-,20,21,23,24,25)/p+1. The number of benzene rings is 2. The molecule has 3 N–H and O–H groups in total. The number of aromatic nitrogens is 1. The Morgan fingerprint density at radius 3 is 2.58 bits per heavy atom. The number of amides is 1. The fraction of sp³-hybridized carbons (Fsp3) is 0. The number of hydroxylamine groups is 1. The summed E-state index contributed by atoms with van der Waals surface area (Å²) in [6.07, 6.45) is 2.95. The van der Waals surface area contributed by atoms with E-state index in [0.29, 0.717) is 34.0 Å². The van der Waals surface area contributed by atoms with Crippen molar-refractivity contribution in [2.75, 3.05) is 0 Å². The smallest absolute Gasteiger partial charge is 0.274 e. The molecular formula is C19H14N3O4+. The summed E-state index contributed by atoms with van der Waals surface area (Å²) in [5.41, 5.74) is 4.68. The van der Waals surface area contributed by atoms with Crippen molar-refractivity contribution in [1.82, 2.24) is 5.48 Å². The molecule has 2 aromatic carbocycles. The van der Waals surface area contributed by atoms with Gasteiger partial charge in [-0.05, 0) is 24.3 Å². The van der Waals surface area contributed by atoms with E-state index in [-0.39, 0.29) is 0 Å². The van der Waals surface area contributed by atoms with E-state index in [9.17, 15) is 10.0 Å². The van der Waals surface area contributed by atoms with Crippen molar-refractivity contribution in [2.24, 2.45) is 4.99 Å². The van der Waals surface area contributed by atoms with Crippen molar-refractivity contribution in [3.05, 3.63) is 83.7 Å². The molecule has 0 unspecified atom stereocenters. The number of pyridine rings is 1. The third-order valence-electron chi connectivity index (χ3n) is 4.00. The molecule has 0 bridgehead atoms. The molecule has 0 fully saturated rings. The summed E-state index contributed by atoms with van der Waals surface area (Å²) < 4.78 is 6.84. The third kappa shape index (κ3) is 2.76. The zero-order valence-corrected chi connectivity index (χ0v) is 13.5. The minimum atomic E-state index is -0.588. The number of nitrogens with zero attached hydrogens (tertiary/aromatic N) is 2. The molecule has 0 spiro atoms. The number of aliphatic imine (C=N–C) groups is 1. The van der Waals surface area contributed by atoms with Crippen molar-refractivity contribution in [2.45, 2.75) is 0 Å². The Hall–Kier alpha value is -3.71. The molecule has 0 saturated heterocycles. The molecular weight excluding hydrogens is 334 g/mol. The molecule has 7 nitrogen and oxygen atoms in total. The first kappa shape index (κ1) is 15.8. The predicted molar refractivity (Wildman–Crippen MR) is 91.3 cm³/mol. The second-order valence-corrected chi connectivity index (χ2v) is 5.65. The lowest BCUT2D eigenvalue weighted by atomic mass is 10.0. The van der Waals surface area contributed by atoms with Crippen LogP contribution >= 0.6 is 0 Å². The van der Waals surface area contributed by atoms with Crippen molar-refractivity contribution in [3.8, 4) is 11.5 Å². The highest BCUT2D eigenvalue weighted by Crippen LogP contribution is 2.37. The average Bonchev–Trinajstić information content (AvgIpc) is 2.83. The van der Waals surface area contributed by atoms with Gasteiger partial charge in [0.05, 0.1) is 11.3 Å². The van der Waals surface area contributed by atoms with Crippen molar-refractivity contribution in [3.63, 3.8) is 0 Å². The topological polar surface area (TPSA) is 95.0 Å². The van der Waals surface area contributed by atoms with Crippen LogP contribution in [0.1, 0.15) is 21.5 Å². The molecule has 26 heavy (non-hydrogen) atoms. The summed E-state index contributed by atoms with van der Waals surface area (Å²) in [5, 5.41) is 18.5. The Labute approximate surface area is 148 Å². The van der Waals surface area contributed by atoms with E-state index in [0.717, 1.165) is 10.3 Å². The maximum Gasteiger partial charge on any atom is 0.274 e. The van der Waals surface area contributed by atoms with Crippen LogP contribution in [0, 0.1) is 0 Å². The number of para-hydroxylation sites is 2. The van der Waals surface area contributed by atoms with Crippen LogP contribution < -0.4 is 14.9 Å². The normalized spacial score (nSPS) is 12.1. The SMILES string of the molecule is O=C(NO)c1ccc(C2=Nc3ccccc3Oc3c[n+](O)ccc32)cc1. The Bertz CT molecular complexity index is 1030. The first-order chi connectivity index (χ1) is 12.7. The lowest BCUT2D eigenvalue weighted by molar-refractivity contribution is -0.904. The molecule has 0 saturated carbocycles. The molecule has 1 aliphatic heterocycles. The Morgan fingerprint density at radius 2 is 1.81 bits per heavy atom. The van der Waals surface area contributed by atoms with Crippen molar-refractivity contribution < 1.29 is 24.7 Å². The van der Waals surface area contributed by atoms with Crippen LogP contribution in [0.3, 0.4) is 0 Å². The highest BCUT2D eigenvalue weighted by atomic mass is 16.5. The van der Waals surface area contributed by atoms with E-state index in [1.165, 1.54) is 12.4 Å². The predicted octanol–water partition coefficient (Wildman–Crippen LogP) is 2.61. The second-order valence-electron chi connectivity index (χ2n) is 5.65. The fourth-order valence-electron chi connectivity index (χ4n) is 2.74. The Kier molecular flexibility index (Phi) is 3.83. The summed E-state index contributed by atoms with van der Waals surface area (Å²) in [5.74, 6) is 0.442. The summed E-state index contributed by atoms with van der Waals surface area (Å²) in [7, 11) is 0. The number of carbonyl (C=O) groups excluding carboxylic acids is 1. The molecule has 1 aliphatic rings. The molecule has 1 aromatic heterocycles. The van der Waals surface area contributed by atoms with E-state index in [4.69, 9.17) is 14.9 Å². The van der Waals surface area contributed by atoms with E-state index in [2.05, 4.69) is 0 Å². The summed E-state index contributed by atoms with van der Waals surface area (Å²) in [6.45, 7) is 0. The number of hydrogen-bond acceptors (Lipinski definition) is 5. The van der Waals surface area contributed by atoms with Crippen LogP contribution in [0.2, 0.25) is 0 Å². The van der Waals surface area contributed by atoms with Gasteiger partial charge >= 0.3 is 0 Å². The van der Waals surface area contributed by atoms with Gasteiger partial charge in [0.15, 0.2) is 5.75 Å². The first-order valence-electron chi connectivity index (χ1n) is 7.81. The van der Waals surface area contributed by atoms with Gasteiger partial charge in [0, 0.05) is 21.9 Å². The minimum Gasteiger partial charge on any atom is -0.448 e. The molecule has 7 heteroatoms. The van der Waals surface area contributed by atoms with Crippen LogP contribution in [-0.4, -0.2) is 22.0 Å². The Morgan fingerprint density at radius 1 is 1.04 bits per heavy atom. The highest BCUT2D eigenvalue weighted by molar-refractivity contribution is 6.16. The van der Waals surface area contributed by atoms with Crippen LogP contribution in [0.5, 0.6) is 11.5 Å². The molecule has 128 valence electrons. The van der Waals surface area contributed by atoms with Gasteiger partial charge < -0.3 is 4.74 Å². The van der Waals surface area contributed by atoms with E-state index in [1.54, 1.807) is 41.9 Å². The summed E-state index contributed by atoms with van der Waals surface area (Å²) in [4.78, 5) is 16.2. The van der Waals surface area contributed by atoms with Gasteiger partial charge in [0.2, 0.25) is 11.9 Å². The van der Waals surface area contributed by atoms with Gasteiger partial charge in [-0.3, -0.25) is 15.2 Å². The van der Waals surface area contributed by atoms with Crippen molar-refractivity contribution in [1.29, 1.82) is 0 Å². The molecule has 3 aromatic rings. The average molecular weight is 348 g/mol. The van der Waals surface area contributed by atoms with Gasteiger partial charge in [-0.2, -0.15) is 0 Å². The summed E-state index contributed by atoms with van der Waals surface area (Å²) >= 11 is 0. The van der Waals surface area contributed by atoms with Gasteiger partial charge in [0.25, 0.3) is 12.1 Å². The maximum absolute atomic E-state index is 11.5. The molecule has 0 atom stereocenters. The van der Waals surface area contributed by atoms with Gasteiger partial charge in [-0.15, -0.1) is 0 Å². The number of hydrogen-bond donors (Lipinski definition) is 3. The summed E-state index contributed by atoms with van der Waals surface area (Å²) in [6, 6.07) is 15.7. The van der Waals surface area contributed by atoms with Crippen LogP contribution in [-0.2, 0) is 0 Å². The molecule has 0 radical (unpaired) electrons. The largest absolute Gasteiger partial charge is 0.448 e. The van der Waals surface area contributed by atoms with Crippen LogP contribution in [0.15, 0.2) is 72.0 Å². The Balaban J connectivity index is 1.88. The number of ether oxygens (including phenoxy) is 1. The van der Waals surface area contributed by atoms with E-state index >= 15 is 0 Å². The van der Waals surface area contributed by atoms with Gasteiger partial charge in [-0.25, -0.2) is 10.5 Å². The molecule has 0 aliphatic carbocycles. The number of nitrogens with one attached hydrogen (secondary N) is 1. The van der Waals surface area contributed by atoms with E-state index < -0.39 is 5.91 Å². The maximum atomic E-state index is 11.5. The van der Waals surface area contributed by atoms with E-state index in [1.807, 2.05) is 18.2 Å². The molecule has 4 rings (SSSR count). The van der Waals surface area contributed by atoms with Gasteiger partial charge in [0.1, 0.15) is 5.69 Å². The zero-order chi connectivity index (χ0) is 18.1. The highest BCUT2D eigenvalue weighted by Gasteiger charge is 2.22. The van der Waals surface area contributed by atoms with Gasteiger partial charge in [-0.1, -0.05) is 24.3 Å². The lowest BCUT2D eigenvalue weighted by Crippen LogP contribution is -2.29. The molecule has 2 heterocycles.